The fraction of sp³-hybridized carbons (Fsp3) is 0.527. The summed E-state index contributed by atoms with van der Waals surface area (Å²) in [7, 11) is -3.40. The van der Waals surface area contributed by atoms with E-state index in [0.717, 1.165) is 0 Å². The van der Waals surface area contributed by atoms with Gasteiger partial charge in [0.25, 0.3) is 14.2 Å². The number of methoxy groups -OCH3 is 1. The van der Waals surface area contributed by atoms with E-state index in [4.69, 9.17) is 27.8 Å². The van der Waals surface area contributed by atoms with Crippen molar-refractivity contribution in [2.45, 2.75) is 155 Å². The maximum Gasteiger partial charge on any atom is 0.411 e. The van der Waals surface area contributed by atoms with E-state index in [-0.39, 0.29) is 65.2 Å². The number of anilines is 2. The second-order valence-electron chi connectivity index (χ2n) is 21.7. The minimum absolute atomic E-state index is 0.0235. The van der Waals surface area contributed by atoms with Crippen molar-refractivity contribution in [2.24, 2.45) is 5.92 Å². The molecule has 0 aromatic heterocycles. The number of esters is 1. The second-order valence-corrected chi connectivity index (χ2v) is 31.8. The van der Waals surface area contributed by atoms with Gasteiger partial charge in [-0.1, -0.05) is 119 Å². The fourth-order valence-corrected chi connectivity index (χ4v) is 15.2. The van der Waals surface area contributed by atoms with E-state index in [9.17, 15) is 24.0 Å². The number of carbonyl (C=O) groups is 6. The monoisotopic (exact) mass is 1060 g/mol. The molecule has 1 heterocycles. The molecule has 0 saturated carbocycles. The average molecular weight is 1060 g/mol. The van der Waals surface area contributed by atoms with Crippen LogP contribution in [-0.2, 0) is 34.8 Å². The van der Waals surface area contributed by atoms with Crippen molar-refractivity contribution in [1.29, 1.82) is 0 Å². The lowest BCUT2D eigenvalue weighted by Gasteiger charge is -2.42. The standard InChI is InChI=1S/C55H81N5O12Si2/c1-17-27-68-54(66)59-48(34(2)3)50(62)56-38(10)49(61)57-41-25-23-39(24-26-41)32-69-53(65)58-45-30-47(72-74(35(4)5,36(6)7)37(8)9)46(67-14)29-44(45)51(63)60-31-43(71-52(64)40-21-19-18-20-22-40)28-42(60)33-70-73(15,16)55(11,12)13/h17-26,29-30,34-38,42-43,48H,1,27-28,31-33H2,2-16H3,(H,56,62)(H,57,61)(H,58,65)(H,59,66). The zero-order valence-corrected chi connectivity index (χ0v) is 48.1. The summed E-state index contributed by atoms with van der Waals surface area (Å²) in [4.78, 5) is 82.3. The Hall–Kier alpha value is -6.19. The number of nitrogens with zero attached hydrogens (tertiary/aromatic N) is 1. The molecule has 1 fully saturated rings. The largest absolute Gasteiger partial charge is 0.540 e. The summed E-state index contributed by atoms with van der Waals surface area (Å²) < 4.78 is 36.5. The third kappa shape index (κ3) is 15.7. The Labute approximate surface area is 440 Å². The molecule has 74 heavy (non-hydrogen) atoms. The molecular formula is C55H81N5O12Si2. The van der Waals surface area contributed by atoms with Gasteiger partial charge in [0.2, 0.25) is 11.8 Å². The Balaban J connectivity index is 1.61. The normalized spacial score (nSPS) is 15.8. The Morgan fingerprint density at radius 2 is 1.41 bits per heavy atom. The summed E-state index contributed by atoms with van der Waals surface area (Å²) in [5.74, 6) is -1.62. The zero-order valence-electron chi connectivity index (χ0n) is 46.1. The van der Waals surface area contributed by atoms with Gasteiger partial charge in [-0.3, -0.25) is 19.7 Å². The van der Waals surface area contributed by atoms with Crippen molar-refractivity contribution < 1.29 is 56.6 Å². The van der Waals surface area contributed by atoms with Crippen molar-refractivity contribution in [3.05, 3.63) is 96.1 Å². The van der Waals surface area contributed by atoms with Crippen LogP contribution in [-0.4, -0.2) is 109 Å². The topological polar surface area (TPSA) is 209 Å². The van der Waals surface area contributed by atoms with Crippen molar-refractivity contribution >= 4 is 63.9 Å². The van der Waals surface area contributed by atoms with E-state index in [1.54, 1.807) is 79.4 Å². The van der Waals surface area contributed by atoms with Crippen LogP contribution in [0.2, 0.25) is 34.8 Å². The number of hydrogen-bond acceptors (Lipinski definition) is 12. The van der Waals surface area contributed by atoms with Crippen LogP contribution in [0, 0.1) is 5.92 Å². The Morgan fingerprint density at radius 3 is 1.96 bits per heavy atom. The first-order valence-corrected chi connectivity index (χ1v) is 30.5. The summed E-state index contributed by atoms with van der Waals surface area (Å²) in [6.45, 7) is 32.3. The minimum Gasteiger partial charge on any atom is -0.540 e. The number of alkyl carbamates (subject to hydrolysis) is 1. The first-order chi connectivity index (χ1) is 34.6. The molecule has 5 amide bonds. The van der Waals surface area contributed by atoms with E-state index in [0.29, 0.717) is 34.7 Å². The number of rotatable bonds is 23. The third-order valence-electron chi connectivity index (χ3n) is 14.0. The number of carbonyl (C=O) groups excluding carboxylic acids is 6. The summed E-state index contributed by atoms with van der Waals surface area (Å²) >= 11 is 0. The van der Waals surface area contributed by atoms with Crippen LogP contribution in [0.15, 0.2) is 79.4 Å². The summed E-state index contributed by atoms with van der Waals surface area (Å²) in [6, 6.07) is 16.1. The number of ether oxygens (including phenoxy) is 4. The Kier molecular flexibility index (Phi) is 21.5. The van der Waals surface area contributed by atoms with E-state index in [1.807, 2.05) is 6.07 Å². The lowest BCUT2D eigenvalue weighted by atomic mass is 10.0. The SMILES string of the molecule is C=CCOC(=O)NC(C(=O)NC(C)C(=O)Nc1ccc(COC(=O)Nc2cc(O[Si](C(C)C)(C(C)C)C(C)C)c(OC)cc2C(=O)N2CC(OC(=O)c3ccccc3)CC2CO[Si](C)(C)C(C)(C)C)cc1)C(C)C. The van der Waals surface area contributed by atoms with Crippen molar-refractivity contribution in [3.8, 4) is 11.5 Å². The third-order valence-corrected chi connectivity index (χ3v) is 24.5. The van der Waals surface area contributed by atoms with E-state index >= 15 is 4.79 Å². The predicted molar refractivity (Wildman–Crippen MR) is 293 cm³/mol. The minimum atomic E-state index is -2.61. The number of likely N-dealkylation sites (tertiary alicyclic amines) is 1. The number of hydrogen-bond donors (Lipinski definition) is 4. The maximum absolute atomic E-state index is 15.2. The molecule has 17 nitrogen and oxygen atoms in total. The van der Waals surface area contributed by atoms with E-state index in [1.165, 1.54) is 20.1 Å². The molecule has 1 aliphatic rings. The van der Waals surface area contributed by atoms with Gasteiger partial charge in [-0.15, -0.1) is 0 Å². The predicted octanol–water partition coefficient (Wildman–Crippen LogP) is 10.8. The lowest BCUT2D eigenvalue weighted by Crippen LogP contribution is -2.53. The fourth-order valence-electron chi connectivity index (χ4n) is 8.90. The highest BCUT2D eigenvalue weighted by molar-refractivity contribution is 6.78. The molecule has 0 spiro atoms. The van der Waals surface area contributed by atoms with Gasteiger partial charge < -0.3 is 48.6 Å². The number of benzene rings is 3. The Bertz CT molecular complexity index is 2400. The van der Waals surface area contributed by atoms with Gasteiger partial charge in [-0.05, 0) is 83.5 Å². The van der Waals surface area contributed by atoms with Crippen molar-refractivity contribution in [3.63, 3.8) is 0 Å². The average Bonchev–Trinajstić information content (AvgIpc) is 3.74. The van der Waals surface area contributed by atoms with Gasteiger partial charge in [0.1, 0.15) is 37.2 Å². The molecule has 406 valence electrons. The van der Waals surface area contributed by atoms with Crippen LogP contribution >= 0.6 is 0 Å². The Morgan fingerprint density at radius 1 is 0.784 bits per heavy atom. The van der Waals surface area contributed by atoms with Gasteiger partial charge in [0.15, 0.2) is 14.1 Å². The number of amides is 5. The molecule has 4 N–H and O–H groups in total. The second kappa shape index (κ2) is 26.3. The highest BCUT2D eigenvalue weighted by atomic mass is 28.4. The van der Waals surface area contributed by atoms with Gasteiger partial charge in [0, 0.05) is 18.2 Å². The molecule has 19 heteroatoms. The maximum atomic E-state index is 15.2. The summed E-state index contributed by atoms with van der Waals surface area (Å²) in [5, 5.41) is 10.6. The molecule has 3 aromatic rings. The molecular weight excluding hydrogens is 979 g/mol. The first kappa shape index (κ1) is 60.4. The molecule has 4 rings (SSSR count). The van der Waals surface area contributed by atoms with Crippen LogP contribution in [0.25, 0.3) is 0 Å². The van der Waals surface area contributed by atoms with Crippen molar-refractivity contribution in [1.82, 2.24) is 15.5 Å². The smallest absolute Gasteiger partial charge is 0.411 e. The molecule has 3 aromatic carbocycles. The van der Waals surface area contributed by atoms with Crippen LogP contribution in [0.1, 0.15) is 116 Å². The van der Waals surface area contributed by atoms with Gasteiger partial charge in [-0.25, -0.2) is 14.4 Å². The van der Waals surface area contributed by atoms with Gasteiger partial charge >= 0.3 is 18.2 Å². The first-order valence-electron chi connectivity index (χ1n) is 25.5. The highest BCUT2D eigenvalue weighted by Gasteiger charge is 2.48. The van der Waals surface area contributed by atoms with Crippen LogP contribution in [0.3, 0.4) is 0 Å². The molecule has 0 aliphatic carbocycles. The quantitative estimate of drug-likeness (QED) is 0.0303. The molecule has 1 aliphatic heterocycles. The number of nitrogens with one attached hydrogen (secondary N) is 4. The van der Waals surface area contributed by atoms with E-state index in [2.05, 4.69) is 103 Å². The zero-order chi connectivity index (χ0) is 55.3. The summed E-state index contributed by atoms with van der Waals surface area (Å²) in [5.41, 5.74) is 2.20. The molecule has 1 saturated heterocycles. The van der Waals surface area contributed by atoms with Crippen LogP contribution in [0.5, 0.6) is 11.5 Å². The summed E-state index contributed by atoms with van der Waals surface area (Å²) in [6.07, 6.45) is -0.541. The van der Waals surface area contributed by atoms with Crippen LogP contribution < -0.4 is 30.4 Å². The lowest BCUT2D eigenvalue weighted by molar-refractivity contribution is -0.128. The highest BCUT2D eigenvalue weighted by Crippen LogP contribution is 2.46. The molecule has 0 bridgehead atoms. The van der Waals surface area contributed by atoms with E-state index < -0.39 is 76.7 Å². The van der Waals surface area contributed by atoms with Crippen molar-refractivity contribution in [2.75, 3.05) is 37.5 Å². The van der Waals surface area contributed by atoms with Crippen LogP contribution in [0.4, 0.5) is 21.0 Å². The van der Waals surface area contributed by atoms with Gasteiger partial charge in [0.05, 0.1) is 43.1 Å². The molecule has 0 radical (unpaired) electrons. The molecule has 4 unspecified atom stereocenters. The van der Waals surface area contributed by atoms with Gasteiger partial charge in [-0.2, -0.15) is 0 Å². The molecule has 4 atom stereocenters.